The van der Waals surface area contributed by atoms with Crippen LogP contribution in [-0.2, 0) is 9.47 Å². The summed E-state index contributed by atoms with van der Waals surface area (Å²) in [5, 5.41) is 39.6. The Morgan fingerprint density at radius 1 is 0.808 bits per heavy atom. The van der Waals surface area contributed by atoms with Crippen LogP contribution in [0.25, 0.3) is 11.1 Å². The standard InChI is InChI=1S/C16H16N2O8/c1-25-15(19)9-5-3-7-11(17(21)22)13(9)14-10(16(20)26-2)6-4-8-12(14)18(23)24/h3-8,17-18,21,23H,1-2H3. The summed E-state index contributed by atoms with van der Waals surface area (Å²) in [7, 11) is 2.20. The van der Waals surface area contributed by atoms with Gasteiger partial charge in [-0.1, -0.05) is 12.1 Å². The van der Waals surface area contributed by atoms with Crippen molar-refractivity contribution in [2.45, 2.75) is 0 Å². The van der Waals surface area contributed by atoms with Gasteiger partial charge in [0.15, 0.2) is 11.4 Å². The van der Waals surface area contributed by atoms with Crippen LogP contribution in [0.2, 0.25) is 0 Å². The van der Waals surface area contributed by atoms with E-state index >= 15 is 0 Å². The van der Waals surface area contributed by atoms with E-state index in [1.165, 1.54) is 36.4 Å². The summed E-state index contributed by atoms with van der Waals surface area (Å²) in [5.74, 6) is -1.75. The molecule has 0 spiro atoms. The highest BCUT2D eigenvalue weighted by Gasteiger charge is 2.30. The molecule has 26 heavy (non-hydrogen) atoms. The van der Waals surface area contributed by atoms with Crippen LogP contribution in [0.15, 0.2) is 36.4 Å². The highest BCUT2D eigenvalue weighted by atomic mass is 16.8. The molecule has 0 fully saturated rings. The van der Waals surface area contributed by atoms with E-state index in [0.29, 0.717) is 0 Å². The monoisotopic (exact) mass is 364 g/mol. The first-order valence-electron chi connectivity index (χ1n) is 7.23. The molecular formula is C16H16N2O8. The summed E-state index contributed by atoms with van der Waals surface area (Å²) in [4.78, 5) is 24.3. The Balaban J connectivity index is 2.99. The Labute approximate surface area is 147 Å². The molecule has 0 aromatic heterocycles. The maximum atomic E-state index is 12.1. The molecule has 0 radical (unpaired) electrons. The van der Waals surface area contributed by atoms with Crippen molar-refractivity contribution in [3.63, 3.8) is 0 Å². The van der Waals surface area contributed by atoms with E-state index < -0.39 is 22.4 Å². The van der Waals surface area contributed by atoms with Gasteiger partial charge >= 0.3 is 11.9 Å². The fraction of sp³-hybridized carbons (Fsp3) is 0.125. The second kappa shape index (κ2) is 8.01. The highest BCUT2D eigenvalue weighted by Crippen LogP contribution is 2.37. The number of quaternary nitrogens is 2. The average Bonchev–Trinajstić information content (AvgIpc) is 2.65. The number of hydrogen-bond acceptors (Lipinski definition) is 8. The Kier molecular flexibility index (Phi) is 6.00. The lowest BCUT2D eigenvalue weighted by atomic mass is 9.92. The van der Waals surface area contributed by atoms with Gasteiger partial charge in [-0.2, -0.15) is 10.5 Å². The summed E-state index contributed by atoms with van der Waals surface area (Å²) in [6, 6.07) is 7.61. The molecule has 2 rings (SSSR count). The van der Waals surface area contributed by atoms with Gasteiger partial charge in [0.25, 0.3) is 0 Å². The van der Waals surface area contributed by atoms with Crippen molar-refractivity contribution in [1.29, 1.82) is 0 Å². The highest BCUT2D eigenvalue weighted by molar-refractivity contribution is 6.07. The van der Waals surface area contributed by atoms with Crippen LogP contribution >= 0.6 is 0 Å². The predicted octanol–water partition coefficient (Wildman–Crippen LogP) is -0.266. The van der Waals surface area contributed by atoms with E-state index in [9.17, 15) is 30.4 Å². The molecular weight excluding hydrogens is 348 g/mol. The maximum Gasteiger partial charge on any atom is 0.338 e. The number of nitrogens with one attached hydrogen (secondary N) is 2. The molecule has 0 aliphatic rings. The van der Waals surface area contributed by atoms with Crippen LogP contribution in [0.3, 0.4) is 0 Å². The van der Waals surface area contributed by atoms with Gasteiger partial charge in [0.2, 0.25) is 0 Å². The van der Waals surface area contributed by atoms with Crippen LogP contribution < -0.4 is 10.5 Å². The summed E-state index contributed by atoms with van der Waals surface area (Å²) in [6.45, 7) is 0. The SMILES string of the molecule is COC(=O)c1cccc([NH+]([O-])O)c1-c1c(C(=O)OC)cccc1[NH+]([O-])O. The molecule has 0 bridgehead atoms. The molecule has 0 aliphatic heterocycles. The summed E-state index contributed by atoms with van der Waals surface area (Å²) >= 11 is 0. The van der Waals surface area contributed by atoms with Crippen molar-refractivity contribution in [3.05, 3.63) is 57.9 Å². The molecule has 4 N–H and O–H groups in total. The quantitative estimate of drug-likeness (QED) is 0.419. The number of esters is 2. The normalized spacial score (nSPS) is 13.0. The van der Waals surface area contributed by atoms with Gasteiger partial charge in [-0.25, -0.2) is 20.0 Å². The number of carbonyl (C=O) groups excluding carboxylic acids is 2. The molecule has 2 aromatic rings. The zero-order valence-electron chi connectivity index (χ0n) is 13.8. The Hall–Kier alpha value is -2.86. The molecule has 0 saturated carbocycles. The third-order valence-corrected chi connectivity index (χ3v) is 3.65. The average molecular weight is 364 g/mol. The number of hydrogen-bond donors (Lipinski definition) is 4. The molecule has 0 heterocycles. The van der Waals surface area contributed by atoms with E-state index in [-0.39, 0.29) is 33.6 Å². The molecule has 2 atom stereocenters. The first-order chi connectivity index (χ1) is 12.3. The van der Waals surface area contributed by atoms with Crippen molar-refractivity contribution in [3.8, 4) is 11.1 Å². The zero-order valence-corrected chi connectivity index (χ0v) is 13.8. The van der Waals surface area contributed by atoms with Gasteiger partial charge in [0.1, 0.15) is 0 Å². The number of ether oxygens (including phenoxy) is 2. The fourth-order valence-corrected chi connectivity index (χ4v) is 2.56. The van der Waals surface area contributed by atoms with E-state index in [1.807, 2.05) is 0 Å². The lowest BCUT2D eigenvalue weighted by Gasteiger charge is -2.22. The fourth-order valence-electron chi connectivity index (χ4n) is 2.56. The minimum atomic E-state index is -1.40. The molecule has 10 heteroatoms. The Bertz CT molecular complexity index is 765. The van der Waals surface area contributed by atoms with Gasteiger partial charge in [-0.3, -0.25) is 0 Å². The number of carbonyl (C=O) groups is 2. The second-order valence-corrected chi connectivity index (χ2v) is 5.05. The minimum Gasteiger partial charge on any atom is -0.595 e. The molecule has 0 aliphatic carbocycles. The third kappa shape index (κ3) is 3.55. The topological polar surface area (TPSA) is 148 Å². The Morgan fingerprint density at radius 2 is 1.15 bits per heavy atom. The smallest absolute Gasteiger partial charge is 0.338 e. The van der Waals surface area contributed by atoms with Gasteiger partial charge in [-0.15, -0.1) is 0 Å². The molecule has 2 aromatic carbocycles. The van der Waals surface area contributed by atoms with Gasteiger partial charge < -0.3 is 19.9 Å². The van der Waals surface area contributed by atoms with Gasteiger partial charge in [0, 0.05) is 12.1 Å². The van der Waals surface area contributed by atoms with Crippen molar-refractivity contribution in [2.75, 3.05) is 14.2 Å². The van der Waals surface area contributed by atoms with E-state index in [4.69, 9.17) is 0 Å². The lowest BCUT2D eigenvalue weighted by molar-refractivity contribution is -0.992. The number of rotatable bonds is 5. The van der Waals surface area contributed by atoms with Crippen LogP contribution in [0.1, 0.15) is 20.7 Å². The first-order valence-corrected chi connectivity index (χ1v) is 7.23. The van der Waals surface area contributed by atoms with E-state index in [0.717, 1.165) is 14.2 Å². The molecule has 10 nitrogen and oxygen atoms in total. The van der Waals surface area contributed by atoms with Crippen molar-refractivity contribution < 1.29 is 39.9 Å². The first kappa shape index (κ1) is 19.5. The summed E-state index contributed by atoms with van der Waals surface area (Å²) < 4.78 is 9.33. The third-order valence-electron chi connectivity index (χ3n) is 3.65. The van der Waals surface area contributed by atoms with Crippen molar-refractivity contribution >= 4 is 23.3 Å². The van der Waals surface area contributed by atoms with Crippen LogP contribution in [0, 0.1) is 10.4 Å². The van der Waals surface area contributed by atoms with Gasteiger partial charge in [-0.05, 0) is 12.1 Å². The number of methoxy groups -OCH3 is 2. The maximum absolute atomic E-state index is 12.1. The van der Waals surface area contributed by atoms with E-state index in [2.05, 4.69) is 9.47 Å². The zero-order chi connectivity index (χ0) is 19.4. The van der Waals surface area contributed by atoms with Crippen LogP contribution in [0.5, 0.6) is 0 Å². The van der Waals surface area contributed by atoms with Crippen LogP contribution in [-0.4, -0.2) is 36.6 Å². The van der Waals surface area contributed by atoms with Crippen molar-refractivity contribution in [1.82, 2.24) is 0 Å². The summed E-state index contributed by atoms with van der Waals surface area (Å²) in [6.07, 6.45) is 0. The molecule has 0 amide bonds. The van der Waals surface area contributed by atoms with Crippen LogP contribution in [0.4, 0.5) is 11.4 Å². The predicted molar refractivity (Wildman–Crippen MR) is 86.1 cm³/mol. The molecule has 2 unspecified atom stereocenters. The lowest BCUT2D eigenvalue weighted by Crippen LogP contribution is -2.99. The van der Waals surface area contributed by atoms with E-state index in [1.54, 1.807) is 0 Å². The molecule has 138 valence electrons. The minimum absolute atomic E-state index is 0.189. The Morgan fingerprint density at radius 3 is 1.42 bits per heavy atom. The summed E-state index contributed by atoms with van der Waals surface area (Å²) in [5.41, 5.74) is -1.55. The molecule has 0 saturated heterocycles. The number of benzene rings is 2. The largest absolute Gasteiger partial charge is 0.595 e. The second-order valence-electron chi connectivity index (χ2n) is 5.05. The van der Waals surface area contributed by atoms with Crippen molar-refractivity contribution in [2.24, 2.45) is 0 Å². The van der Waals surface area contributed by atoms with Gasteiger partial charge in [0.05, 0.1) is 36.5 Å².